The number of carboxylic acid groups (broad SMARTS) is 2. The van der Waals surface area contributed by atoms with Gasteiger partial charge < -0.3 is 14.6 Å². The van der Waals surface area contributed by atoms with Crippen molar-refractivity contribution >= 4 is 63.8 Å². The molecule has 0 radical (unpaired) electrons. The van der Waals surface area contributed by atoms with Crippen LogP contribution in [0.4, 0.5) is 0 Å². The Bertz CT molecular complexity index is 1010. The summed E-state index contributed by atoms with van der Waals surface area (Å²) in [6.07, 6.45) is 1.47. The molecule has 1 aromatic carbocycles. The maximum atomic E-state index is 12.2. The quantitative estimate of drug-likeness (QED) is 0.555. The van der Waals surface area contributed by atoms with Gasteiger partial charge in [-0.1, -0.05) is 41.6 Å². The van der Waals surface area contributed by atoms with Crippen molar-refractivity contribution in [2.75, 3.05) is 6.54 Å². The highest BCUT2D eigenvalue weighted by Crippen LogP contribution is 2.34. The number of carbonyl (C=O) groups excluding carboxylic acids is 1. The predicted octanol–water partition coefficient (Wildman–Crippen LogP) is 3.58. The first-order valence-corrected chi connectivity index (χ1v) is 8.96. The third-order valence-electron chi connectivity index (χ3n) is 3.55. The zero-order chi connectivity index (χ0) is 19.7. The average molecular weight is 424 g/mol. The van der Waals surface area contributed by atoms with Crippen LogP contribution in [0.5, 0.6) is 0 Å². The van der Waals surface area contributed by atoms with Gasteiger partial charge in [0.05, 0.1) is 15.5 Å². The third kappa shape index (κ3) is 4.05. The van der Waals surface area contributed by atoms with E-state index in [0.29, 0.717) is 17.1 Å². The van der Waals surface area contributed by atoms with E-state index in [1.165, 1.54) is 18.2 Å². The highest BCUT2D eigenvalue weighted by molar-refractivity contribution is 8.26. The summed E-state index contributed by atoms with van der Waals surface area (Å²) >= 11 is 12.0. The fraction of sp³-hybridized carbons (Fsp3) is 0.0588. The zero-order valence-corrected chi connectivity index (χ0v) is 15.7. The molecule has 2 N–H and O–H groups in total. The second kappa shape index (κ2) is 7.55. The van der Waals surface area contributed by atoms with Crippen LogP contribution >= 0.6 is 35.6 Å². The molecular weight excluding hydrogens is 414 g/mol. The lowest BCUT2D eigenvalue weighted by molar-refractivity contribution is -0.140. The normalized spacial score (nSPS) is 15.6. The molecular formula is C17H10ClNO6S2. The minimum atomic E-state index is -1.16. The Morgan fingerprint density at radius 2 is 2.00 bits per heavy atom. The van der Waals surface area contributed by atoms with E-state index in [0.717, 1.165) is 16.7 Å². The molecule has 2 aromatic rings. The second-order valence-corrected chi connectivity index (χ2v) is 7.45. The Morgan fingerprint density at radius 3 is 2.63 bits per heavy atom. The summed E-state index contributed by atoms with van der Waals surface area (Å²) in [6.45, 7) is -0.500. The molecule has 7 nitrogen and oxygen atoms in total. The Kier molecular flexibility index (Phi) is 5.36. The highest BCUT2D eigenvalue weighted by atomic mass is 35.5. The number of hydrogen-bond donors (Lipinski definition) is 2. The van der Waals surface area contributed by atoms with Crippen molar-refractivity contribution in [2.24, 2.45) is 0 Å². The van der Waals surface area contributed by atoms with Gasteiger partial charge in [0.25, 0.3) is 5.91 Å². The van der Waals surface area contributed by atoms with Crippen LogP contribution in [0.25, 0.3) is 17.4 Å². The number of rotatable bonds is 5. The van der Waals surface area contributed by atoms with Crippen LogP contribution in [-0.2, 0) is 9.59 Å². The number of thiocarbonyl (C=S) groups is 1. The molecule has 1 amide bonds. The molecule has 0 unspecified atom stereocenters. The number of aliphatic carboxylic acids is 1. The summed E-state index contributed by atoms with van der Waals surface area (Å²) in [7, 11) is 0. The minimum Gasteiger partial charge on any atom is -0.480 e. The van der Waals surface area contributed by atoms with Crippen molar-refractivity contribution in [2.45, 2.75) is 0 Å². The van der Waals surface area contributed by atoms with Crippen molar-refractivity contribution < 1.29 is 29.0 Å². The number of amides is 1. The van der Waals surface area contributed by atoms with Gasteiger partial charge in [-0.3, -0.25) is 14.5 Å². The monoisotopic (exact) mass is 423 g/mol. The average Bonchev–Trinajstić information content (AvgIpc) is 3.15. The number of furan rings is 1. The lowest BCUT2D eigenvalue weighted by Crippen LogP contribution is -2.33. The summed E-state index contributed by atoms with van der Waals surface area (Å²) in [5, 5.41) is 17.9. The fourth-order valence-electron chi connectivity index (χ4n) is 2.33. The van der Waals surface area contributed by atoms with Crippen LogP contribution in [0.15, 0.2) is 39.7 Å². The van der Waals surface area contributed by atoms with E-state index in [1.54, 1.807) is 18.2 Å². The summed E-state index contributed by atoms with van der Waals surface area (Å²) in [5.74, 6) is -2.00. The molecule has 27 heavy (non-hydrogen) atoms. The Hall–Kier alpha value is -2.62. The topological polar surface area (TPSA) is 108 Å². The van der Waals surface area contributed by atoms with E-state index in [2.05, 4.69) is 0 Å². The van der Waals surface area contributed by atoms with E-state index in [1.807, 2.05) is 0 Å². The second-order valence-electron chi connectivity index (χ2n) is 5.36. The van der Waals surface area contributed by atoms with Gasteiger partial charge in [0.2, 0.25) is 0 Å². The summed E-state index contributed by atoms with van der Waals surface area (Å²) in [6, 6.07) is 7.68. The van der Waals surface area contributed by atoms with E-state index >= 15 is 0 Å². The first-order chi connectivity index (χ1) is 12.8. The molecule has 0 atom stereocenters. The molecule has 2 heterocycles. The third-order valence-corrected chi connectivity index (χ3v) is 5.24. The number of nitrogens with zero attached hydrogens (tertiary/aromatic N) is 1. The van der Waals surface area contributed by atoms with Gasteiger partial charge in [-0.05, 0) is 24.3 Å². The van der Waals surface area contributed by atoms with Crippen molar-refractivity contribution in [3.05, 3.63) is 51.6 Å². The van der Waals surface area contributed by atoms with Crippen LogP contribution in [0.1, 0.15) is 16.1 Å². The standard InChI is InChI=1S/C17H10ClNO6S2/c18-11-5-8(1-3-10(11)16(23)24)12-4-2-9(25-12)6-13-15(22)19(7-14(20)21)17(26)27-13/h1-6H,7H2,(H,20,21)(H,23,24)/b13-6-. The molecule has 0 saturated carbocycles. The molecule has 0 spiro atoms. The Labute approximate surface area is 167 Å². The highest BCUT2D eigenvalue weighted by Gasteiger charge is 2.33. The van der Waals surface area contributed by atoms with Crippen molar-refractivity contribution in [3.8, 4) is 11.3 Å². The number of carboxylic acids is 2. The van der Waals surface area contributed by atoms with E-state index in [-0.39, 0.29) is 19.8 Å². The number of hydrogen-bond acceptors (Lipinski definition) is 6. The van der Waals surface area contributed by atoms with E-state index in [4.69, 9.17) is 38.4 Å². The lowest BCUT2D eigenvalue weighted by atomic mass is 10.1. The minimum absolute atomic E-state index is 0.0192. The van der Waals surface area contributed by atoms with Gasteiger partial charge in [0, 0.05) is 11.6 Å². The molecule has 10 heteroatoms. The molecule has 138 valence electrons. The molecule has 1 saturated heterocycles. The van der Waals surface area contributed by atoms with Crippen LogP contribution in [0, 0.1) is 0 Å². The Balaban J connectivity index is 1.84. The van der Waals surface area contributed by atoms with Crippen LogP contribution < -0.4 is 0 Å². The number of benzene rings is 1. The number of thioether (sulfide) groups is 1. The molecule has 3 rings (SSSR count). The molecule has 1 aliphatic heterocycles. The molecule has 0 aliphatic carbocycles. The van der Waals surface area contributed by atoms with Gasteiger partial charge >= 0.3 is 11.9 Å². The molecule has 0 bridgehead atoms. The predicted molar refractivity (Wildman–Crippen MR) is 104 cm³/mol. The molecule has 1 aliphatic rings. The molecule has 1 aromatic heterocycles. The lowest BCUT2D eigenvalue weighted by Gasteiger charge is -2.09. The Morgan fingerprint density at radius 1 is 1.26 bits per heavy atom. The van der Waals surface area contributed by atoms with Crippen LogP contribution in [0.2, 0.25) is 5.02 Å². The SMILES string of the molecule is O=C(O)CN1C(=O)/C(=C/c2ccc(-c3ccc(C(=O)O)c(Cl)c3)o2)SC1=S. The van der Waals surface area contributed by atoms with E-state index < -0.39 is 24.4 Å². The van der Waals surface area contributed by atoms with Crippen LogP contribution in [-0.4, -0.2) is 43.8 Å². The fourth-order valence-corrected chi connectivity index (χ4v) is 3.82. The maximum absolute atomic E-state index is 12.2. The number of halogens is 1. The summed E-state index contributed by atoms with van der Waals surface area (Å²) < 4.78 is 5.82. The maximum Gasteiger partial charge on any atom is 0.337 e. The van der Waals surface area contributed by atoms with Gasteiger partial charge in [-0.2, -0.15) is 0 Å². The summed E-state index contributed by atoms with van der Waals surface area (Å²) in [4.78, 5) is 35.3. The van der Waals surface area contributed by atoms with Gasteiger partial charge in [0.15, 0.2) is 0 Å². The van der Waals surface area contributed by atoms with Crippen LogP contribution in [0.3, 0.4) is 0 Å². The van der Waals surface area contributed by atoms with E-state index in [9.17, 15) is 14.4 Å². The largest absolute Gasteiger partial charge is 0.480 e. The van der Waals surface area contributed by atoms with Crippen molar-refractivity contribution in [1.29, 1.82) is 0 Å². The smallest absolute Gasteiger partial charge is 0.337 e. The van der Waals surface area contributed by atoms with Crippen molar-refractivity contribution in [1.82, 2.24) is 4.90 Å². The van der Waals surface area contributed by atoms with Gasteiger partial charge in [-0.15, -0.1) is 0 Å². The van der Waals surface area contributed by atoms with Crippen molar-refractivity contribution in [3.63, 3.8) is 0 Å². The van der Waals surface area contributed by atoms with Gasteiger partial charge in [0.1, 0.15) is 22.4 Å². The van der Waals surface area contributed by atoms with Gasteiger partial charge in [-0.25, -0.2) is 4.79 Å². The summed E-state index contributed by atoms with van der Waals surface area (Å²) in [5.41, 5.74) is 0.553. The number of carbonyl (C=O) groups is 3. The first-order valence-electron chi connectivity index (χ1n) is 7.36. The zero-order valence-electron chi connectivity index (χ0n) is 13.3. The number of aromatic carboxylic acids is 1. The first kappa shape index (κ1) is 19.2. The molecule has 1 fully saturated rings.